The maximum atomic E-state index is 12.2. The lowest BCUT2D eigenvalue weighted by atomic mass is 9.86. The van der Waals surface area contributed by atoms with Crippen LogP contribution in [0, 0.1) is 11.5 Å². The number of hydrogen-bond acceptors (Lipinski definition) is 2. The van der Waals surface area contributed by atoms with Gasteiger partial charge in [-0.2, -0.15) is 0 Å². The van der Waals surface area contributed by atoms with E-state index in [1.165, 1.54) is 12.1 Å². The Bertz CT molecular complexity index is 372. The molecule has 17 heavy (non-hydrogen) atoms. The molecule has 0 fully saturated rings. The SMILES string of the molecule is CC(C)(CO)Cc1cc[c]cc1OC(F)(F)F. The smallest absolute Gasteiger partial charge is 0.405 e. The van der Waals surface area contributed by atoms with Gasteiger partial charge >= 0.3 is 6.36 Å². The second-order valence-corrected chi connectivity index (χ2v) is 4.58. The van der Waals surface area contributed by atoms with Crippen molar-refractivity contribution in [3.05, 3.63) is 29.8 Å². The van der Waals surface area contributed by atoms with Gasteiger partial charge in [-0.1, -0.05) is 26.0 Å². The Kier molecular flexibility index (Phi) is 4.03. The summed E-state index contributed by atoms with van der Waals surface area (Å²) in [5.74, 6) is -0.262. The maximum Gasteiger partial charge on any atom is 0.573 e. The van der Waals surface area contributed by atoms with E-state index in [4.69, 9.17) is 5.11 Å². The fourth-order valence-electron chi connectivity index (χ4n) is 1.38. The number of hydrogen-bond donors (Lipinski definition) is 1. The number of halogens is 3. The van der Waals surface area contributed by atoms with Crippen molar-refractivity contribution < 1.29 is 23.0 Å². The third kappa shape index (κ3) is 4.65. The van der Waals surface area contributed by atoms with Gasteiger partial charge in [-0.25, -0.2) is 0 Å². The predicted octanol–water partition coefficient (Wildman–Crippen LogP) is 2.95. The molecule has 0 unspecified atom stereocenters. The van der Waals surface area contributed by atoms with E-state index in [0.29, 0.717) is 12.0 Å². The molecule has 2 nitrogen and oxygen atoms in total. The van der Waals surface area contributed by atoms with Crippen LogP contribution in [0.15, 0.2) is 18.2 Å². The van der Waals surface area contributed by atoms with Gasteiger partial charge < -0.3 is 9.84 Å². The Morgan fingerprint density at radius 3 is 2.53 bits per heavy atom. The molecule has 0 amide bonds. The first kappa shape index (κ1) is 13.8. The average molecular weight is 247 g/mol. The molecule has 95 valence electrons. The summed E-state index contributed by atoms with van der Waals surface area (Å²) in [6.07, 6.45) is -4.42. The fourth-order valence-corrected chi connectivity index (χ4v) is 1.38. The van der Waals surface area contributed by atoms with Crippen LogP contribution in [0.5, 0.6) is 5.75 Å². The molecule has 0 atom stereocenters. The first-order chi connectivity index (χ1) is 7.73. The van der Waals surface area contributed by atoms with Crippen LogP contribution in [0.3, 0.4) is 0 Å². The van der Waals surface area contributed by atoms with Crippen LogP contribution in [0.2, 0.25) is 0 Å². The van der Waals surface area contributed by atoms with Crippen LogP contribution in [0.1, 0.15) is 19.4 Å². The third-order valence-electron chi connectivity index (χ3n) is 2.23. The monoisotopic (exact) mass is 247 g/mol. The molecule has 0 aliphatic heterocycles. The Morgan fingerprint density at radius 1 is 1.35 bits per heavy atom. The van der Waals surface area contributed by atoms with Gasteiger partial charge in [0.15, 0.2) is 0 Å². The summed E-state index contributed by atoms with van der Waals surface area (Å²) in [4.78, 5) is 0. The lowest BCUT2D eigenvalue weighted by Gasteiger charge is -2.23. The van der Waals surface area contributed by atoms with Gasteiger partial charge in [-0.15, -0.1) is 13.2 Å². The molecule has 1 rings (SSSR count). The van der Waals surface area contributed by atoms with Crippen molar-refractivity contribution in [3.63, 3.8) is 0 Å². The third-order valence-corrected chi connectivity index (χ3v) is 2.23. The molecule has 1 aromatic rings. The lowest BCUT2D eigenvalue weighted by Crippen LogP contribution is -2.22. The highest BCUT2D eigenvalue weighted by molar-refractivity contribution is 5.33. The zero-order valence-corrected chi connectivity index (χ0v) is 9.64. The van der Waals surface area contributed by atoms with Crippen molar-refractivity contribution in [1.29, 1.82) is 0 Å². The van der Waals surface area contributed by atoms with Gasteiger partial charge in [0.1, 0.15) is 5.75 Å². The summed E-state index contributed by atoms with van der Waals surface area (Å²) >= 11 is 0. The molecule has 1 aromatic carbocycles. The lowest BCUT2D eigenvalue weighted by molar-refractivity contribution is -0.275. The second kappa shape index (κ2) is 4.96. The van der Waals surface area contributed by atoms with Gasteiger partial charge in [0, 0.05) is 6.61 Å². The highest BCUT2D eigenvalue weighted by Crippen LogP contribution is 2.30. The minimum atomic E-state index is -4.71. The van der Waals surface area contributed by atoms with E-state index in [2.05, 4.69) is 10.8 Å². The highest BCUT2D eigenvalue weighted by atomic mass is 19.4. The summed E-state index contributed by atoms with van der Waals surface area (Å²) < 4.78 is 40.4. The topological polar surface area (TPSA) is 29.5 Å². The van der Waals surface area contributed by atoms with Crippen molar-refractivity contribution in [2.24, 2.45) is 5.41 Å². The van der Waals surface area contributed by atoms with Crippen LogP contribution in [-0.4, -0.2) is 18.1 Å². The van der Waals surface area contributed by atoms with Crippen molar-refractivity contribution in [1.82, 2.24) is 0 Å². The molecule has 1 radical (unpaired) electrons. The Hall–Kier alpha value is -1.23. The zero-order valence-electron chi connectivity index (χ0n) is 9.64. The standard InChI is InChI=1S/C12H14F3O2/c1-11(2,8-16)7-9-5-3-4-6-10(9)17-12(13,14)15/h3,5-6,16H,7-8H2,1-2H3. The molecule has 0 saturated carbocycles. The summed E-state index contributed by atoms with van der Waals surface area (Å²) in [7, 11) is 0. The van der Waals surface area contributed by atoms with Crippen LogP contribution in [0.4, 0.5) is 13.2 Å². The van der Waals surface area contributed by atoms with Crippen molar-refractivity contribution in [3.8, 4) is 5.75 Å². The first-order valence-electron chi connectivity index (χ1n) is 5.09. The Labute approximate surface area is 98.0 Å². The van der Waals surface area contributed by atoms with Crippen molar-refractivity contribution in [2.75, 3.05) is 6.61 Å². The number of aliphatic hydroxyl groups excluding tert-OH is 1. The molecule has 0 aromatic heterocycles. The summed E-state index contributed by atoms with van der Waals surface area (Å²) in [6, 6.07) is 6.72. The zero-order chi connectivity index (χ0) is 13.1. The van der Waals surface area contributed by atoms with Crippen LogP contribution < -0.4 is 4.74 Å². The number of benzene rings is 1. The van der Waals surface area contributed by atoms with Gasteiger partial charge in [0.05, 0.1) is 0 Å². The minimum absolute atomic E-state index is 0.114. The van der Waals surface area contributed by atoms with Crippen LogP contribution >= 0.6 is 0 Å². The number of aliphatic hydroxyl groups is 1. The van der Waals surface area contributed by atoms with E-state index >= 15 is 0 Å². The first-order valence-corrected chi connectivity index (χ1v) is 5.09. The van der Waals surface area contributed by atoms with E-state index < -0.39 is 11.8 Å². The van der Waals surface area contributed by atoms with Gasteiger partial charge in [0.25, 0.3) is 0 Å². The molecule has 0 heterocycles. The second-order valence-electron chi connectivity index (χ2n) is 4.58. The Balaban J connectivity index is 2.92. The van der Waals surface area contributed by atoms with E-state index in [0.717, 1.165) is 6.07 Å². The molecule has 0 aliphatic rings. The molecule has 5 heteroatoms. The minimum Gasteiger partial charge on any atom is -0.405 e. The maximum absolute atomic E-state index is 12.2. The normalized spacial score (nSPS) is 12.6. The number of ether oxygens (including phenoxy) is 1. The largest absolute Gasteiger partial charge is 0.573 e. The Morgan fingerprint density at radius 2 is 2.00 bits per heavy atom. The number of rotatable bonds is 4. The molecule has 0 saturated heterocycles. The molecular weight excluding hydrogens is 233 g/mol. The van der Waals surface area contributed by atoms with Crippen LogP contribution in [-0.2, 0) is 6.42 Å². The molecule has 0 aliphatic carbocycles. The summed E-state index contributed by atoms with van der Waals surface area (Å²) in [5.41, 5.74) is -0.0921. The summed E-state index contributed by atoms with van der Waals surface area (Å²) in [6.45, 7) is 3.42. The van der Waals surface area contributed by atoms with Gasteiger partial charge in [-0.05, 0) is 29.5 Å². The quantitative estimate of drug-likeness (QED) is 0.886. The van der Waals surface area contributed by atoms with E-state index in [1.54, 1.807) is 13.8 Å². The fraction of sp³-hybridized carbons (Fsp3) is 0.500. The van der Waals surface area contributed by atoms with Crippen LogP contribution in [0.25, 0.3) is 0 Å². The molecule has 0 bridgehead atoms. The van der Waals surface area contributed by atoms with E-state index in [1.807, 2.05) is 0 Å². The van der Waals surface area contributed by atoms with E-state index in [-0.39, 0.29) is 12.4 Å². The van der Waals surface area contributed by atoms with Crippen molar-refractivity contribution >= 4 is 0 Å². The molecule has 1 N–H and O–H groups in total. The highest BCUT2D eigenvalue weighted by Gasteiger charge is 2.32. The predicted molar refractivity (Wildman–Crippen MR) is 56.5 cm³/mol. The number of alkyl halides is 3. The molecule has 0 spiro atoms. The van der Waals surface area contributed by atoms with Gasteiger partial charge in [-0.3, -0.25) is 0 Å². The van der Waals surface area contributed by atoms with Crippen molar-refractivity contribution in [2.45, 2.75) is 26.6 Å². The molecular formula is C12H14F3O2. The van der Waals surface area contributed by atoms with Gasteiger partial charge in [0.2, 0.25) is 0 Å². The van der Waals surface area contributed by atoms with E-state index in [9.17, 15) is 13.2 Å². The summed E-state index contributed by atoms with van der Waals surface area (Å²) in [5, 5.41) is 9.11. The average Bonchev–Trinajstić information content (AvgIpc) is 2.19.